The lowest BCUT2D eigenvalue weighted by atomic mass is 10.2. The third kappa shape index (κ3) is 2.24. The van der Waals surface area contributed by atoms with Crippen LogP contribution in [0.2, 0.25) is 0 Å². The number of carbonyl (C=O) groups is 2. The van der Waals surface area contributed by atoms with Gasteiger partial charge in [-0.15, -0.1) is 11.3 Å². The lowest BCUT2D eigenvalue weighted by Gasteiger charge is -2.20. The van der Waals surface area contributed by atoms with Crippen molar-refractivity contribution < 1.29 is 14.7 Å². The molecule has 4 nitrogen and oxygen atoms in total. The maximum atomic E-state index is 11.5. The van der Waals surface area contributed by atoms with E-state index in [9.17, 15) is 9.59 Å². The highest BCUT2D eigenvalue weighted by molar-refractivity contribution is 7.09. The predicted molar refractivity (Wildman–Crippen MR) is 60.4 cm³/mol. The minimum atomic E-state index is -0.892. The predicted octanol–water partition coefficient (Wildman–Crippen LogP) is 1.37. The molecule has 1 aromatic rings. The van der Waals surface area contributed by atoms with Crippen molar-refractivity contribution in [3.05, 3.63) is 22.4 Å². The van der Waals surface area contributed by atoms with Gasteiger partial charge in [-0.3, -0.25) is 4.79 Å². The Hall–Kier alpha value is -1.36. The van der Waals surface area contributed by atoms with Crippen molar-refractivity contribution in [1.82, 2.24) is 4.90 Å². The molecular weight excluding hydrogens is 226 g/mol. The van der Waals surface area contributed by atoms with Crippen LogP contribution in [0.15, 0.2) is 17.5 Å². The summed E-state index contributed by atoms with van der Waals surface area (Å²) in [5, 5.41) is 10.9. The third-order valence-corrected chi connectivity index (χ3v) is 3.73. The van der Waals surface area contributed by atoms with Gasteiger partial charge in [-0.2, -0.15) is 0 Å². The van der Waals surface area contributed by atoms with E-state index in [0.29, 0.717) is 19.4 Å². The maximum Gasteiger partial charge on any atom is 0.326 e. The van der Waals surface area contributed by atoms with Gasteiger partial charge in [0.2, 0.25) is 5.91 Å². The molecule has 1 atom stereocenters. The fraction of sp³-hybridized carbons (Fsp3) is 0.455. The molecule has 1 amide bonds. The SMILES string of the molecule is O=C(O)C1CCC(=O)N1CCc1cccs1. The van der Waals surface area contributed by atoms with Crippen LogP contribution in [0.3, 0.4) is 0 Å². The van der Waals surface area contributed by atoms with Crippen molar-refractivity contribution in [3.8, 4) is 0 Å². The number of hydrogen-bond donors (Lipinski definition) is 1. The van der Waals surface area contributed by atoms with Crippen molar-refractivity contribution in [3.63, 3.8) is 0 Å². The van der Waals surface area contributed by atoms with Gasteiger partial charge in [-0.05, 0) is 24.3 Å². The second-order valence-electron chi connectivity index (χ2n) is 3.81. The molecule has 0 bridgehead atoms. The molecule has 1 aliphatic rings. The zero-order chi connectivity index (χ0) is 11.5. The van der Waals surface area contributed by atoms with Crippen molar-refractivity contribution >= 4 is 23.2 Å². The van der Waals surface area contributed by atoms with E-state index in [1.165, 1.54) is 9.78 Å². The number of carboxylic acid groups (broad SMARTS) is 1. The molecule has 1 aliphatic heterocycles. The number of nitrogens with zero attached hydrogens (tertiary/aromatic N) is 1. The molecule has 0 saturated carbocycles. The molecule has 5 heteroatoms. The summed E-state index contributed by atoms with van der Waals surface area (Å²) in [6.45, 7) is 0.510. The Morgan fingerprint density at radius 3 is 3.06 bits per heavy atom. The molecule has 1 aromatic heterocycles. The van der Waals surface area contributed by atoms with E-state index in [1.807, 2.05) is 17.5 Å². The summed E-state index contributed by atoms with van der Waals surface area (Å²) < 4.78 is 0. The molecule has 86 valence electrons. The van der Waals surface area contributed by atoms with Crippen molar-refractivity contribution in [2.45, 2.75) is 25.3 Å². The van der Waals surface area contributed by atoms with Crippen LogP contribution in [-0.4, -0.2) is 34.5 Å². The van der Waals surface area contributed by atoms with Crippen LogP contribution in [0.4, 0.5) is 0 Å². The minimum absolute atomic E-state index is 0.0380. The fourth-order valence-corrected chi connectivity index (χ4v) is 2.65. The first kappa shape index (κ1) is 11.1. The number of carbonyl (C=O) groups excluding carboxylic acids is 1. The van der Waals surface area contributed by atoms with E-state index >= 15 is 0 Å². The van der Waals surface area contributed by atoms with Crippen LogP contribution < -0.4 is 0 Å². The lowest BCUT2D eigenvalue weighted by Crippen LogP contribution is -2.39. The second-order valence-corrected chi connectivity index (χ2v) is 4.84. The van der Waals surface area contributed by atoms with Crippen LogP contribution in [-0.2, 0) is 16.0 Å². The molecule has 0 spiro atoms. The summed E-state index contributed by atoms with van der Waals surface area (Å²) >= 11 is 1.63. The summed E-state index contributed by atoms with van der Waals surface area (Å²) in [5.41, 5.74) is 0. The number of amides is 1. The van der Waals surface area contributed by atoms with Gasteiger partial charge in [0.05, 0.1) is 0 Å². The monoisotopic (exact) mass is 239 g/mol. The Balaban J connectivity index is 1.96. The standard InChI is InChI=1S/C11H13NO3S/c13-10-4-3-9(11(14)15)12(10)6-5-8-2-1-7-16-8/h1-2,7,9H,3-6H2,(H,14,15). The third-order valence-electron chi connectivity index (χ3n) is 2.79. The van der Waals surface area contributed by atoms with Crippen molar-refractivity contribution in [2.75, 3.05) is 6.54 Å². The summed E-state index contributed by atoms with van der Waals surface area (Å²) in [6.07, 6.45) is 1.55. The molecule has 0 aromatic carbocycles. The Morgan fingerprint density at radius 1 is 1.62 bits per heavy atom. The van der Waals surface area contributed by atoms with E-state index in [4.69, 9.17) is 5.11 Å². The molecule has 0 aliphatic carbocycles. The first-order valence-electron chi connectivity index (χ1n) is 5.23. The average molecular weight is 239 g/mol. The average Bonchev–Trinajstić information content (AvgIpc) is 2.84. The van der Waals surface area contributed by atoms with E-state index < -0.39 is 12.0 Å². The fourth-order valence-electron chi connectivity index (χ4n) is 1.96. The lowest BCUT2D eigenvalue weighted by molar-refractivity contribution is -0.146. The molecule has 2 heterocycles. The van der Waals surface area contributed by atoms with Crippen LogP contribution in [0.25, 0.3) is 0 Å². The van der Waals surface area contributed by atoms with Crippen LogP contribution >= 0.6 is 11.3 Å². The summed E-state index contributed by atoms with van der Waals surface area (Å²) in [6, 6.07) is 3.34. The van der Waals surface area contributed by atoms with Crippen molar-refractivity contribution in [1.29, 1.82) is 0 Å². The number of hydrogen-bond acceptors (Lipinski definition) is 3. The number of aliphatic carboxylic acids is 1. The first-order chi connectivity index (χ1) is 7.68. The van der Waals surface area contributed by atoms with Gasteiger partial charge in [0, 0.05) is 17.8 Å². The van der Waals surface area contributed by atoms with Gasteiger partial charge in [0.25, 0.3) is 0 Å². The molecule has 2 rings (SSSR count). The highest BCUT2D eigenvalue weighted by Crippen LogP contribution is 2.20. The van der Waals surface area contributed by atoms with Gasteiger partial charge >= 0.3 is 5.97 Å². The van der Waals surface area contributed by atoms with Crippen LogP contribution in [0.1, 0.15) is 17.7 Å². The van der Waals surface area contributed by atoms with Crippen LogP contribution in [0.5, 0.6) is 0 Å². The topological polar surface area (TPSA) is 57.6 Å². The zero-order valence-electron chi connectivity index (χ0n) is 8.76. The van der Waals surface area contributed by atoms with E-state index in [0.717, 1.165) is 6.42 Å². The summed E-state index contributed by atoms with van der Waals surface area (Å²) in [5.74, 6) is -0.930. The molecule has 1 unspecified atom stereocenters. The number of rotatable bonds is 4. The molecular formula is C11H13NO3S. The van der Waals surface area contributed by atoms with Gasteiger partial charge in [0.1, 0.15) is 6.04 Å². The van der Waals surface area contributed by atoms with E-state index in [1.54, 1.807) is 11.3 Å². The minimum Gasteiger partial charge on any atom is -0.480 e. The maximum absolute atomic E-state index is 11.5. The first-order valence-corrected chi connectivity index (χ1v) is 6.11. The smallest absolute Gasteiger partial charge is 0.326 e. The van der Waals surface area contributed by atoms with E-state index in [2.05, 4.69) is 0 Å². The molecule has 1 saturated heterocycles. The second kappa shape index (κ2) is 4.65. The van der Waals surface area contributed by atoms with Gasteiger partial charge in [-0.25, -0.2) is 4.79 Å². The summed E-state index contributed by atoms with van der Waals surface area (Å²) in [4.78, 5) is 25.1. The Bertz CT molecular complexity index is 388. The number of likely N-dealkylation sites (tertiary alicyclic amines) is 1. The molecule has 1 N–H and O–H groups in total. The van der Waals surface area contributed by atoms with E-state index in [-0.39, 0.29) is 5.91 Å². The molecule has 16 heavy (non-hydrogen) atoms. The number of thiophene rings is 1. The molecule has 0 radical (unpaired) electrons. The Morgan fingerprint density at radius 2 is 2.44 bits per heavy atom. The molecule has 1 fully saturated rings. The largest absolute Gasteiger partial charge is 0.480 e. The highest BCUT2D eigenvalue weighted by Gasteiger charge is 2.35. The number of carboxylic acids is 1. The van der Waals surface area contributed by atoms with Crippen molar-refractivity contribution in [2.24, 2.45) is 0 Å². The Kier molecular flexibility index (Phi) is 3.24. The summed E-state index contributed by atoms with van der Waals surface area (Å²) in [7, 11) is 0. The quantitative estimate of drug-likeness (QED) is 0.863. The Labute approximate surface area is 97.5 Å². The van der Waals surface area contributed by atoms with Crippen LogP contribution in [0, 0.1) is 0 Å². The highest BCUT2D eigenvalue weighted by atomic mass is 32.1. The van der Waals surface area contributed by atoms with Gasteiger partial charge in [0.15, 0.2) is 0 Å². The van der Waals surface area contributed by atoms with Gasteiger partial charge in [-0.1, -0.05) is 6.07 Å². The normalized spacial score (nSPS) is 20.4. The zero-order valence-corrected chi connectivity index (χ0v) is 9.57. The van der Waals surface area contributed by atoms with Gasteiger partial charge < -0.3 is 10.0 Å².